The van der Waals surface area contributed by atoms with Crippen LogP contribution in [-0.4, -0.2) is 42.3 Å². The number of amides is 2. The number of anilines is 1. The summed E-state index contributed by atoms with van der Waals surface area (Å²) in [5.74, 6) is -1.67. The predicted molar refractivity (Wildman–Crippen MR) is 95.5 cm³/mol. The van der Waals surface area contributed by atoms with Crippen molar-refractivity contribution in [2.75, 3.05) is 26.0 Å². The van der Waals surface area contributed by atoms with Crippen LogP contribution in [0.1, 0.15) is 10.9 Å². The van der Waals surface area contributed by atoms with Gasteiger partial charge in [-0.2, -0.15) is 0 Å². The average molecular weight is 362 g/mol. The van der Waals surface area contributed by atoms with Crippen molar-refractivity contribution in [3.63, 3.8) is 0 Å². The highest BCUT2D eigenvalue weighted by Crippen LogP contribution is 2.22. The van der Waals surface area contributed by atoms with Crippen LogP contribution in [0.5, 0.6) is 0 Å². The lowest BCUT2D eigenvalue weighted by atomic mass is 10.2. The molecule has 132 valence electrons. The van der Waals surface area contributed by atoms with Gasteiger partial charge in [-0.1, -0.05) is 12.1 Å². The molecule has 2 amide bonds. The Morgan fingerprint density at radius 2 is 2.00 bits per heavy atom. The maximum absolute atomic E-state index is 12.0. The van der Waals surface area contributed by atoms with Crippen LogP contribution in [-0.2, 0) is 9.59 Å². The molecule has 2 aromatic rings. The van der Waals surface area contributed by atoms with E-state index in [1.165, 1.54) is 24.3 Å². The van der Waals surface area contributed by atoms with Crippen LogP contribution in [0.15, 0.2) is 41.8 Å². The summed E-state index contributed by atoms with van der Waals surface area (Å²) in [4.78, 5) is 37.1. The SMILES string of the molecule is CN(C)C(CNC(=O)C(=O)Nc1cccc([N+](=O)[O-])c1)c1cccs1. The van der Waals surface area contributed by atoms with Gasteiger partial charge in [-0.3, -0.25) is 19.7 Å². The number of rotatable bonds is 6. The fourth-order valence-corrected chi connectivity index (χ4v) is 3.10. The highest BCUT2D eigenvalue weighted by atomic mass is 32.1. The lowest BCUT2D eigenvalue weighted by molar-refractivity contribution is -0.384. The first-order valence-corrected chi connectivity index (χ1v) is 8.30. The first-order chi connectivity index (χ1) is 11.9. The van der Waals surface area contributed by atoms with Crippen LogP contribution in [0.4, 0.5) is 11.4 Å². The molecule has 0 radical (unpaired) electrons. The second kappa shape index (κ2) is 8.36. The predicted octanol–water partition coefficient (Wildman–Crippen LogP) is 2.01. The molecule has 9 heteroatoms. The first-order valence-electron chi connectivity index (χ1n) is 7.42. The molecular weight excluding hydrogens is 344 g/mol. The zero-order valence-electron chi connectivity index (χ0n) is 13.8. The molecule has 0 saturated heterocycles. The molecule has 1 heterocycles. The molecule has 0 fully saturated rings. The quantitative estimate of drug-likeness (QED) is 0.465. The second-order valence-electron chi connectivity index (χ2n) is 5.47. The highest BCUT2D eigenvalue weighted by Gasteiger charge is 2.20. The van der Waals surface area contributed by atoms with Gasteiger partial charge in [0.15, 0.2) is 0 Å². The third-order valence-electron chi connectivity index (χ3n) is 3.47. The van der Waals surface area contributed by atoms with Gasteiger partial charge in [0.1, 0.15) is 0 Å². The Bertz CT molecular complexity index is 761. The number of nitro benzene ring substituents is 1. The van der Waals surface area contributed by atoms with E-state index in [0.29, 0.717) is 0 Å². The van der Waals surface area contributed by atoms with Crippen molar-refractivity contribution in [1.82, 2.24) is 10.2 Å². The Hall–Kier alpha value is -2.78. The zero-order valence-corrected chi connectivity index (χ0v) is 14.6. The van der Waals surface area contributed by atoms with Crippen LogP contribution in [0, 0.1) is 10.1 Å². The summed E-state index contributed by atoms with van der Waals surface area (Å²) < 4.78 is 0. The lowest BCUT2D eigenvalue weighted by Gasteiger charge is -2.23. The van der Waals surface area contributed by atoms with Gasteiger partial charge in [0.25, 0.3) is 5.69 Å². The van der Waals surface area contributed by atoms with Gasteiger partial charge >= 0.3 is 11.8 Å². The van der Waals surface area contributed by atoms with Gasteiger partial charge in [-0.15, -0.1) is 11.3 Å². The molecule has 2 rings (SSSR count). The van der Waals surface area contributed by atoms with Crippen molar-refractivity contribution in [2.24, 2.45) is 0 Å². The highest BCUT2D eigenvalue weighted by molar-refractivity contribution is 7.10. The van der Waals surface area contributed by atoms with Crippen molar-refractivity contribution in [3.05, 3.63) is 56.8 Å². The van der Waals surface area contributed by atoms with E-state index in [2.05, 4.69) is 10.6 Å². The van der Waals surface area contributed by atoms with Gasteiger partial charge < -0.3 is 15.5 Å². The van der Waals surface area contributed by atoms with E-state index in [1.807, 2.05) is 36.5 Å². The number of nitro groups is 1. The maximum Gasteiger partial charge on any atom is 0.313 e. The maximum atomic E-state index is 12.0. The summed E-state index contributed by atoms with van der Waals surface area (Å²) in [5.41, 5.74) is 0.0281. The van der Waals surface area contributed by atoms with E-state index in [1.54, 1.807) is 11.3 Å². The number of hydrogen-bond acceptors (Lipinski definition) is 6. The molecule has 1 aromatic heterocycles. The summed E-state index contributed by atoms with van der Waals surface area (Å²) >= 11 is 1.57. The van der Waals surface area contributed by atoms with Crippen molar-refractivity contribution >= 4 is 34.5 Å². The van der Waals surface area contributed by atoms with E-state index >= 15 is 0 Å². The molecule has 0 aliphatic heterocycles. The Labute approximate surface area is 148 Å². The molecule has 0 saturated carbocycles. The minimum absolute atomic E-state index is 0.0467. The molecule has 0 spiro atoms. The summed E-state index contributed by atoms with van der Waals surface area (Å²) in [6.45, 7) is 0.273. The third-order valence-corrected chi connectivity index (χ3v) is 4.45. The average Bonchev–Trinajstić information content (AvgIpc) is 3.08. The number of benzene rings is 1. The number of non-ortho nitro benzene ring substituents is 1. The van der Waals surface area contributed by atoms with E-state index in [9.17, 15) is 19.7 Å². The van der Waals surface area contributed by atoms with Gasteiger partial charge in [-0.05, 0) is 31.6 Å². The smallest absolute Gasteiger partial charge is 0.313 e. The summed E-state index contributed by atoms with van der Waals surface area (Å²) in [7, 11) is 3.78. The van der Waals surface area contributed by atoms with E-state index in [4.69, 9.17) is 0 Å². The van der Waals surface area contributed by atoms with Crippen molar-refractivity contribution in [2.45, 2.75) is 6.04 Å². The van der Waals surface area contributed by atoms with Gasteiger partial charge in [0.05, 0.1) is 11.0 Å². The molecule has 25 heavy (non-hydrogen) atoms. The van der Waals surface area contributed by atoms with E-state index in [-0.39, 0.29) is 24.0 Å². The fraction of sp³-hybridized carbons (Fsp3) is 0.250. The molecular formula is C16H18N4O4S. The monoisotopic (exact) mass is 362 g/mol. The number of thiophene rings is 1. The molecule has 1 unspecified atom stereocenters. The van der Waals surface area contributed by atoms with Gasteiger partial charge in [-0.25, -0.2) is 0 Å². The second-order valence-corrected chi connectivity index (χ2v) is 6.45. The minimum atomic E-state index is -0.871. The summed E-state index contributed by atoms with van der Waals surface area (Å²) in [5, 5.41) is 17.6. The molecule has 0 aliphatic carbocycles. The molecule has 0 bridgehead atoms. The number of carbonyl (C=O) groups is 2. The number of carbonyl (C=O) groups excluding carboxylic acids is 2. The van der Waals surface area contributed by atoms with Crippen LogP contribution in [0.3, 0.4) is 0 Å². The third kappa shape index (κ3) is 5.10. The van der Waals surface area contributed by atoms with Crippen LogP contribution < -0.4 is 10.6 Å². The van der Waals surface area contributed by atoms with Crippen molar-refractivity contribution in [3.8, 4) is 0 Å². The fourth-order valence-electron chi connectivity index (χ4n) is 2.17. The number of nitrogens with zero attached hydrogens (tertiary/aromatic N) is 2. The van der Waals surface area contributed by atoms with Crippen molar-refractivity contribution < 1.29 is 14.5 Å². The largest absolute Gasteiger partial charge is 0.346 e. The number of hydrogen-bond donors (Lipinski definition) is 2. The molecule has 0 aliphatic rings. The normalized spacial score (nSPS) is 11.8. The number of nitrogens with one attached hydrogen (secondary N) is 2. The van der Waals surface area contributed by atoms with Crippen LogP contribution >= 0.6 is 11.3 Å². The van der Waals surface area contributed by atoms with E-state index in [0.717, 1.165) is 4.88 Å². The minimum Gasteiger partial charge on any atom is -0.346 e. The summed E-state index contributed by atoms with van der Waals surface area (Å²) in [6.07, 6.45) is 0. The molecule has 2 N–H and O–H groups in total. The van der Waals surface area contributed by atoms with Crippen LogP contribution in [0.25, 0.3) is 0 Å². The Morgan fingerprint density at radius 3 is 2.60 bits per heavy atom. The van der Waals surface area contributed by atoms with Crippen LogP contribution in [0.2, 0.25) is 0 Å². The van der Waals surface area contributed by atoms with E-state index < -0.39 is 16.7 Å². The Balaban J connectivity index is 1.95. The molecule has 1 aromatic carbocycles. The summed E-state index contributed by atoms with van der Waals surface area (Å²) in [6, 6.07) is 9.25. The molecule has 8 nitrogen and oxygen atoms in total. The van der Waals surface area contributed by atoms with Gasteiger partial charge in [0, 0.05) is 29.2 Å². The lowest BCUT2D eigenvalue weighted by Crippen LogP contribution is -2.40. The van der Waals surface area contributed by atoms with Crippen molar-refractivity contribution in [1.29, 1.82) is 0 Å². The standard InChI is InChI=1S/C16H18N4O4S/c1-19(2)13(14-7-4-8-25-14)10-17-15(21)16(22)18-11-5-3-6-12(9-11)20(23)24/h3-9,13H,10H2,1-2H3,(H,17,21)(H,18,22). The number of likely N-dealkylation sites (N-methyl/N-ethyl adjacent to an activating group) is 1. The Morgan fingerprint density at radius 1 is 1.24 bits per heavy atom. The zero-order chi connectivity index (χ0) is 18.4. The molecule has 1 atom stereocenters. The first kappa shape index (κ1) is 18.6. The van der Waals surface area contributed by atoms with Gasteiger partial charge in [0.2, 0.25) is 0 Å². The topological polar surface area (TPSA) is 105 Å². The Kier molecular flexibility index (Phi) is 6.20.